The Morgan fingerprint density at radius 2 is 2.24 bits per heavy atom. The summed E-state index contributed by atoms with van der Waals surface area (Å²) in [5, 5.41) is 11.5. The fraction of sp³-hybridized carbons (Fsp3) is 0.364. The molecule has 4 nitrogen and oxygen atoms in total. The lowest BCUT2D eigenvalue weighted by Crippen LogP contribution is -2.34. The highest BCUT2D eigenvalue weighted by molar-refractivity contribution is 9.11. The van der Waals surface area contributed by atoms with Gasteiger partial charge in [-0.1, -0.05) is 15.9 Å². The fourth-order valence-electron chi connectivity index (χ4n) is 1.05. The molecule has 1 rings (SSSR count). The quantitative estimate of drug-likeness (QED) is 0.838. The Bertz CT molecular complexity index is 396. The van der Waals surface area contributed by atoms with Crippen molar-refractivity contribution in [2.75, 3.05) is 13.2 Å². The first-order valence-electron chi connectivity index (χ1n) is 5.01. The van der Waals surface area contributed by atoms with Crippen molar-refractivity contribution in [3.05, 3.63) is 27.1 Å². The highest BCUT2D eigenvalue weighted by atomic mass is 79.9. The lowest BCUT2D eigenvalue weighted by atomic mass is 10.3. The molecule has 1 unspecified atom stereocenters. The van der Waals surface area contributed by atoms with E-state index < -0.39 is 6.10 Å². The van der Waals surface area contributed by atoms with Crippen molar-refractivity contribution in [2.24, 2.45) is 0 Å². The summed E-state index contributed by atoms with van der Waals surface area (Å²) in [5.41, 5.74) is 0. The van der Waals surface area contributed by atoms with Gasteiger partial charge < -0.3 is 15.2 Å². The maximum atomic E-state index is 11.3. The maximum Gasteiger partial charge on any atom is 0.258 e. The summed E-state index contributed by atoms with van der Waals surface area (Å²) in [6.07, 6.45) is -0.557. The minimum absolute atomic E-state index is 0.0764. The molecule has 1 aromatic rings. The molecule has 0 fully saturated rings. The van der Waals surface area contributed by atoms with Crippen molar-refractivity contribution in [3.63, 3.8) is 0 Å². The van der Waals surface area contributed by atoms with E-state index in [1.165, 1.54) is 0 Å². The average Bonchev–Trinajstić information content (AvgIpc) is 2.25. The maximum absolute atomic E-state index is 11.3. The molecule has 1 aromatic carbocycles. The number of ether oxygens (including phenoxy) is 1. The second kappa shape index (κ2) is 6.98. The van der Waals surface area contributed by atoms with Gasteiger partial charge in [-0.25, -0.2) is 0 Å². The molecule has 94 valence electrons. The van der Waals surface area contributed by atoms with Crippen LogP contribution in [0.25, 0.3) is 0 Å². The molecule has 0 radical (unpaired) electrons. The van der Waals surface area contributed by atoms with Crippen LogP contribution in [-0.2, 0) is 4.79 Å². The third-order valence-electron chi connectivity index (χ3n) is 1.85. The number of carbonyl (C=O) groups is 1. The van der Waals surface area contributed by atoms with Crippen LogP contribution in [0.4, 0.5) is 0 Å². The highest BCUT2D eigenvalue weighted by Gasteiger charge is 2.06. The molecule has 2 N–H and O–H groups in total. The third kappa shape index (κ3) is 5.52. The summed E-state index contributed by atoms with van der Waals surface area (Å²) < 4.78 is 7.02. The first-order chi connectivity index (χ1) is 7.99. The Kier molecular flexibility index (Phi) is 5.94. The summed E-state index contributed by atoms with van der Waals surface area (Å²) in [7, 11) is 0. The van der Waals surface area contributed by atoms with Crippen molar-refractivity contribution in [2.45, 2.75) is 13.0 Å². The zero-order chi connectivity index (χ0) is 12.8. The fourth-order valence-corrected chi connectivity index (χ4v) is 2.21. The molecular weight excluding hydrogens is 354 g/mol. The lowest BCUT2D eigenvalue weighted by molar-refractivity contribution is -0.123. The van der Waals surface area contributed by atoms with E-state index in [1.54, 1.807) is 13.0 Å². The topological polar surface area (TPSA) is 58.6 Å². The van der Waals surface area contributed by atoms with E-state index in [1.807, 2.05) is 12.1 Å². The van der Waals surface area contributed by atoms with Gasteiger partial charge in [-0.2, -0.15) is 0 Å². The minimum Gasteiger partial charge on any atom is -0.483 e. The number of carbonyl (C=O) groups excluding carboxylic acids is 1. The number of hydrogen-bond acceptors (Lipinski definition) is 3. The number of aliphatic hydroxyl groups excluding tert-OH is 1. The molecule has 17 heavy (non-hydrogen) atoms. The number of aliphatic hydroxyl groups is 1. The lowest BCUT2D eigenvalue weighted by Gasteiger charge is -2.10. The first-order valence-corrected chi connectivity index (χ1v) is 6.60. The van der Waals surface area contributed by atoms with E-state index in [9.17, 15) is 4.79 Å². The van der Waals surface area contributed by atoms with Crippen LogP contribution >= 0.6 is 31.9 Å². The summed E-state index contributed by atoms with van der Waals surface area (Å²) in [5.74, 6) is 0.334. The van der Waals surface area contributed by atoms with E-state index in [2.05, 4.69) is 37.2 Å². The van der Waals surface area contributed by atoms with Crippen LogP contribution in [0.15, 0.2) is 27.1 Å². The van der Waals surface area contributed by atoms with Crippen LogP contribution in [-0.4, -0.2) is 30.3 Å². The van der Waals surface area contributed by atoms with E-state index in [-0.39, 0.29) is 19.1 Å². The van der Waals surface area contributed by atoms with Gasteiger partial charge in [-0.05, 0) is 41.1 Å². The summed E-state index contributed by atoms with van der Waals surface area (Å²) >= 11 is 6.66. The van der Waals surface area contributed by atoms with Crippen molar-refractivity contribution in [3.8, 4) is 5.75 Å². The summed E-state index contributed by atoms with van der Waals surface area (Å²) in [6.45, 7) is 1.75. The molecule has 1 amide bonds. The van der Waals surface area contributed by atoms with Gasteiger partial charge in [0.25, 0.3) is 5.91 Å². The second-order valence-electron chi connectivity index (χ2n) is 3.52. The normalized spacial score (nSPS) is 12.0. The standard InChI is InChI=1S/C11H13Br2NO3/c1-7(15)5-14-11(16)6-17-10-3-2-8(12)4-9(10)13/h2-4,7,15H,5-6H2,1H3,(H,14,16). The monoisotopic (exact) mass is 365 g/mol. The van der Waals surface area contributed by atoms with Gasteiger partial charge in [-0.3, -0.25) is 4.79 Å². The molecule has 0 spiro atoms. The van der Waals surface area contributed by atoms with Gasteiger partial charge in [0.15, 0.2) is 6.61 Å². The zero-order valence-corrected chi connectivity index (χ0v) is 12.4. The molecule has 0 aliphatic carbocycles. The van der Waals surface area contributed by atoms with E-state index in [4.69, 9.17) is 9.84 Å². The molecule has 0 bridgehead atoms. The Labute approximate surface area is 117 Å². The number of hydrogen-bond donors (Lipinski definition) is 2. The van der Waals surface area contributed by atoms with E-state index in [0.29, 0.717) is 5.75 Å². The number of nitrogens with one attached hydrogen (secondary N) is 1. The SMILES string of the molecule is CC(O)CNC(=O)COc1ccc(Br)cc1Br. The van der Waals surface area contributed by atoms with Gasteiger partial charge in [0.1, 0.15) is 5.75 Å². The molecule has 0 aromatic heterocycles. The number of rotatable bonds is 5. The summed E-state index contributed by atoms with van der Waals surface area (Å²) in [4.78, 5) is 11.3. The highest BCUT2D eigenvalue weighted by Crippen LogP contribution is 2.27. The smallest absolute Gasteiger partial charge is 0.258 e. The van der Waals surface area contributed by atoms with Crippen LogP contribution < -0.4 is 10.1 Å². The van der Waals surface area contributed by atoms with Crippen molar-refractivity contribution < 1.29 is 14.6 Å². The van der Waals surface area contributed by atoms with Crippen molar-refractivity contribution in [1.29, 1.82) is 0 Å². The van der Waals surface area contributed by atoms with E-state index >= 15 is 0 Å². The predicted molar refractivity (Wildman–Crippen MR) is 72.0 cm³/mol. The Morgan fingerprint density at radius 3 is 2.82 bits per heavy atom. The molecule has 0 aliphatic rings. The Balaban J connectivity index is 2.42. The minimum atomic E-state index is -0.557. The van der Waals surface area contributed by atoms with Gasteiger partial charge in [0.05, 0.1) is 10.6 Å². The molecule has 0 saturated heterocycles. The number of halogens is 2. The molecular formula is C11H13Br2NO3. The van der Waals surface area contributed by atoms with Crippen molar-refractivity contribution >= 4 is 37.8 Å². The zero-order valence-electron chi connectivity index (χ0n) is 9.24. The van der Waals surface area contributed by atoms with Crippen LogP contribution in [0.3, 0.4) is 0 Å². The predicted octanol–water partition coefficient (Wildman–Crippen LogP) is 2.09. The Hall–Kier alpha value is -0.590. The molecule has 1 atom stereocenters. The molecule has 0 saturated carbocycles. The molecule has 0 aliphatic heterocycles. The summed E-state index contributed by atoms with van der Waals surface area (Å²) in [6, 6.07) is 5.42. The third-order valence-corrected chi connectivity index (χ3v) is 2.96. The number of amides is 1. The average molecular weight is 367 g/mol. The molecule has 6 heteroatoms. The van der Waals surface area contributed by atoms with E-state index in [0.717, 1.165) is 8.95 Å². The van der Waals surface area contributed by atoms with Gasteiger partial charge in [0.2, 0.25) is 0 Å². The van der Waals surface area contributed by atoms with Gasteiger partial charge in [0, 0.05) is 11.0 Å². The van der Waals surface area contributed by atoms with Crippen LogP contribution in [0, 0.1) is 0 Å². The number of benzene rings is 1. The van der Waals surface area contributed by atoms with Crippen LogP contribution in [0.5, 0.6) is 5.75 Å². The van der Waals surface area contributed by atoms with Crippen LogP contribution in [0.2, 0.25) is 0 Å². The second-order valence-corrected chi connectivity index (χ2v) is 5.29. The van der Waals surface area contributed by atoms with Gasteiger partial charge in [-0.15, -0.1) is 0 Å². The van der Waals surface area contributed by atoms with Crippen LogP contribution in [0.1, 0.15) is 6.92 Å². The van der Waals surface area contributed by atoms with Crippen molar-refractivity contribution in [1.82, 2.24) is 5.32 Å². The largest absolute Gasteiger partial charge is 0.483 e. The van der Waals surface area contributed by atoms with Gasteiger partial charge >= 0.3 is 0 Å². The molecule has 0 heterocycles. The Morgan fingerprint density at radius 1 is 1.53 bits per heavy atom. The first kappa shape index (κ1) is 14.5.